The number of benzene rings is 2. The number of hydrogen-bond donors (Lipinski definition) is 2. The summed E-state index contributed by atoms with van der Waals surface area (Å²) in [7, 11) is -3.43. The SMILES string of the molecule is Cl.NC1(C(=O)Nc2cccc(CS(=O)(=O)c3ccccc3)c2)CCCCC1. The maximum absolute atomic E-state index is 12.6. The van der Waals surface area contributed by atoms with E-state index in [1.807, 2.05) is 0 Å². The van der Waals surface area contributed by atoms with Crippen molar-refractivity contribution in [2.45, 2.75) is 48.3 Å². The molecule has 0 heterocycles. The van der Waals surface area contributed by atoms with Crippen molar-refractivity contribution in [3.8, 4) is 0 Å². The average molecular weight is 409 g/mol. The minimum Gasteiger partial charge on any atom is -0.324 e. The van der Waals surface area contributed by atoms with E-state index in [0.717, 1.165) is 19.3 Å². The van der Waals surface area contributed by atoms with Crippen molar-refractivity contribution in [1.29, 1.82) is 0 Å². The third kappa shape index (κ3) is 5.31. The van der Waals surface area contributed by atoms with E-state index in [1.54, 1.807) is 54.6 Å². The Morgan fingerprint density at radius 2 is 1.67 bits per heavy atom. The number of nitrogens with two attached hydrogens (primary N) is 1. The molecule has 0 bridgehead atoms. The molecule has 0 radical (unpaired) electrons. The summed E-state index contributed by atoms with van der Waals surface area (Å²) in [6, 6.07) is 15.3. The number of hydrogen-bond acceptors (Lipinski definition) is 4. The summed E-state index contributed by atoms with van der Waals surface area (Å²) in [5.41, 5.74) is 6.63. The maximum atomic E-state index is 12.6. The van der Waals surface area contributed by atoms with Crippen molar-refractivity contribution in [1.82, 2.24) is 0 Å². The molecule has 1 fully saturated rings. The van der Waals surface area contributed by atoms with Crippen molar-refractivity contribution >= 4 is 33.8 Å². The van der Waals surface area contributed by atoms with E-state index in [4.69, 9.17) is 5.73 Å². The van der Waals surface area contributed by atoms with Crippen LogP contribution in [0.4, 0.5) is 5.69 Å². The van der Waals surface area contributed by atoms with Crippen LogP contribution >= 0.6 is 12.4 Å². The summed E-state index contributed by atoms with van der Waals surface area (Å²) in [4.78, 5) is 12.8. The zero-order chi connectivity index (χ0) is 18.6. The molecule has 5 nitrogen and oxygen atoms in total. The minimum atomic E-state index is -3.43. The largest absolute Gasteiger partial charge is 0.324 e. The van der Waals surface area contributed by atoms with Crippen molar-refractivity contribution < 1.29 is 13.2 Å². The van der Waals surface area contributed by atoms with Gasteiger partial charge in [0.1, 0.15) is 0 Å². The molecule has 1 aliphatic rings. The molecule has 3 rings (SSSR count). The van der Waals surface area contributed by atoms with Gasteiger partial charge >= 0.3 is 0 Å². The lowest BCUT2D eigenvalue weighted by molar-refractivity contribution is -0.122. The van der Waals surface area contributed by atoms with Crippen LogP contribution in [0.5, 0.6) is 0 Å². The van der Waals surface area contributed by atoms with Crippen molar-refractivity contribution in [2.75, 3.05) is 5.32 Å². The number of rotatable bonds is 5. The van der Waals surface area contributed by atoms with Gasteiger partial charge in [0.05, 0.1) is 16.2 Å². The van der Waals surface area contributed by atoms with Crippen LogP contribution in [0.15, 0.2) is 59.5 Å². The molecule has 0 aromatic heterocycles. The molecule has 2 aromatic rings. The molecule has 146 valence electrons. The molecule has 0 unspecified atom stereocenters. The standard InChI is InChI=1S/C20H24N2O3S.ClH/c21-20(12-5-2-6-13-20)19(23)22-17-9-7-8-16(14-17)15-26(24,25)18-10-3-1-4-11-18;/h1,3-4,7-11,14H,2,5-6,12-13,15,21H2,(H,22,23);1H. The number of nitrogens with one attached hydrogen (secondary N) is 1. The van der Waals surface area contributed by atoms with Crippen LogP contribution in [0.25, 0.3) is 0 Å². The Morgan fingerprint density at radius 1 is 1.00 bits per heavy atom. The molecule has 0 atom stereocenters. The Labute approximate surface area is 166 Å². The van der Waals surface area contributed by atoms with E-state index < -0.39 is 15.4 Å². The van der Waals surface area contributed by atoms with Gasteiger partial charge in [-0.15, -0.1) is 12.4 Å². The van der Waals surface area contributed by atoms with Gasteiger partial charge in [0.25, 0.3) is 0 Å². The second-order valence-electron chi connectivity index (χ2n) is 6.94. The van der Waals surface area contributed by atoms with Crippen LogP contribution in [-0.2, 0) is 20.4 Å². The third-order valence-corrected chi connectivity index (χ3v) is 6.55. The Kier molecular flexibility index (Phi) is 7.03. The van der Waals surface area contributed by atoms with Gasteiger partial charge in [-0.25, -0.2) is 8.42 Å². The molecular formula is C20H25ClN2O3S. The highest BCUT2D eigenvalue weighted by atomic mass is 35.5. The van der Waals surface area contributed by atoms with Gasteiger partial charge < -0.3 is 11.1 Å². The lowest BCUT2D eigenvalue weighted by atomic mass is 9.82. The fourth-order valence-corrected chi connectivity index (χ4v) is 4.69. The quantitative estimate of drug-likeness (QED) is 0.789. The number of anilines is 1. The van der Waals surface area contributed by atoms with Gasteiger partial charge in [-0.1, -0.05) is 49.6 Å². The first-order chi connectivity index (χ1) is 12.4. The Morgan fingerprint density at radius 3 is 2.33 bits per heavy atom. The zero-order valence-corrected chi connectivity index (χ0v) is 16.7. The van der Waals surface area contributed by atoms with E-state index in [0.29, 0.717) is 24.1 Å². The summed E-state index contributed by atoms with van der Waals surface area (Å²) >= 11 is 0. The normalized spacial score (nSPS) is 16.2. The predicted molar refractivity (Wildman–Crippen MR) is 110 cm³/mol. The highest BCUT2D eigenvalue weighted by molar-refractivity contribution is 7.90. The van der Waals surface area contributed by atoms with Crippen LogP contribution < -0.4 is 11.1 Å². The Hall–Kier alpha value is -1.89. The molecule has 1 aliphatic carbocycles. The maximum Gasteiger partial charge on any atom is 0.244 e. The lowest BCUT2D eigenvalue weighted by Gasteiger charge is -2.31. The third-order valence-electron chi connectivity index (χ3n) is 4.84. The van der Waals surface area contributed by atoms with E-state index in [1.165, 1.54) is 0 Å². The monoisotopic (exact) mass is 408 g/mol. The molecule has 2 aromatic carbocycles. The molecule has 7 heteroatoms. The van der Waals surface area contributed by atoms with Crippen LogP contribution in [-0.4, -0.2) is 19.9 Å². The number of sulfone groups is 1. The fraction of sp³-hybridized carbons (Fsp3) is 0.350. The van der Waals surface area contributed by atoms with Gasteiger partial charge in [0.15, 0.2) is 9.84 Å². The Bertz CT molecular complexity index is 879. The summed E-state index contributed by atoms with van der Waals surface area (Å²) < 4.78 is 25.1. The predicted octanol–water partition coefficient (Wildman–Crippen LogP) is 3.68. The van der Waals surface area contributed by atoms with E-state index in [-0.39, 0.29) is 29.0 Å². The molecule has 3 N–H and O–H groups in total. The van der Waals surface area contributed by atoms with E-state index in [2.05, 4.69) is 5.32 Å². The van der Waals surface area contributed by atoms with Gasteiger partial charge in [-0.05, 0) is 42.7 Å². The number of amides is 1. The van der Waals surface area contributed by atoms with Gasteiger partial charge in [0.2, 0.25) is 5.91 Å². The van der Waals surface area contributed by atoms with Gasteiger partial charge in [0, 0.05) is 5.69 Å². The van der Waals surface area contributed by atoms with Crippen molar-refractivity contribution in [2.24, 2.45) is 5.73 Å². The Balaban J connectivity index is 0.00000261. The van der Waals surface area contributed by atoms with Crippen LogP contribution in [0.1, 0.15) is 37.7 Å². The number of carbonyl (C=O) groups excluding carboxylic acids is 1. The second-order valence-corrected chi connectivity index (χ2v) is 8.93. The topological polar surface area (TPSA) is 89.3 Å². The number of halogens is 1. The molecule has 0 spiro atoms. The number of carbonyl (C=O) groups is 1. The first-order valence-electron chi connectivity index (χ1n) is 8.86. The van der Waals surface area contributed by atoms with Crippen LogP contribution in [0, 0.1) is 0 Å². The van der Waals surface area contributed by atoms with Crippen molar-refractivity contribution in [3.05, 3.63) is 60.2 Å². The summed E-state index contributed by atoms with van der Waals surface area (Å²) in [5, 5.41) is 2.86. The smallest absolute Gasteiger partial charge is 0.244 e. The summed E-state index contributed by atoms with van der Waals surface area (Å²) in [5.74, 6) is -0.311. The second kappa shape index (κ2) is 8.87. The summed E-state index contributed by atoms with van der Waals surface area (Å²) in [6.45, 7) is 0. The lowest BCUT2D eigenvalue weighted by Crippen LogP contribution is -2.52. The van der Waals surface area contributed by atoms with Gasteiger partial charge in [-0.2, -0.15) is 0 Å². The zero-order valence-electron chi connectivity index (χ0n) is 15.1. The minimum absolute atomic E-state index is 0. The van der Waals surface area contributed by atoms with E-state index in [9.17, 15) is 13.2 Å². The molecular weight excluding hydrogens is 384 g/mol. The molecule has 27 heavy (non-hydrogen) atoms. The molecule has 0 saturated heterocycles. The van der Waals surface area contributed by atoms with E-state index >= 15 is 0 Å². The fourth-order valence-electron chi connectivity index (χ4n) is 3.33. The first kappa shape index (κ1) is 21.4. The molecule has 1 saturated carbocycles. The first-order valence-corrected chi connectivity index (χ1v) is 10.5. The average Bonchev–Trinajstić information content (AvgIpc) is 2.63. The molecule has 1 amide bonds. The van der Waals surface area contributed by atoms with Gasteiger partial charge in [-0.3, -0.25) is 4.79 Å². The van der Waals surface area contributed by atoms with Crippen LogP contribution in [0.2, 0.25) is 0 Å². The highest BCUT2D eigenvalue weighted by Gasteiger charge is 2.35. The highest BCUT2D eigenvalue weighted by Crippen LogP contribution is 2.27. The summed E-state index contributed by atoms with van der Waals surface area (Å²) in [6.07, 6.45) is 4.39. The molecule has 0 aliphatic heterocycles. The van der Waals surface area contributed by atoms with Crippen LogP contribution in [0.3, 0.4) is 0 Å². The van der Waals surface area contributed by atoms with Crippen molar-refractivity contribution in [3.63, 3.8) is 0 Å².